The van der Waals surface area contributed by atoms with Crippen LogP contribution in [0.5, 0.6) is 0 Å². The molecule has 0 bridgehead atoms. The molecule has 4 N–H and O–H groups in total. The number of amides is 2. The molecule has 1 aliphatic heterocycles. The molecule has 0 aliphatic carbocycles. The molecular weight excluding hydrogens is 481 g/mol. The minimum atomic E-state index is -0.505. The van der Waals surface area contributed by atoms with Crippen molar-refractivity contribution in [2.24, 2.45) is 0 Å². The van der Waals surface area contributed by atoms with Gasteiger partial charge in [-0.15, -0.1) is 0 Å². The lowest BCUT2D eigenvalue weighted by Crippen LogP contribution is -2.31. The Balaban J connectivity index is 1.48. The van der Waals surface area contributed by atoms with E-state index in [9.17, 15) is 14.0 Å². The Bertz CT molecular complexity index is 1450. The molecule has 0 fully saturated rings. The number of para-hydroxylation sites is 1. The van der Waals surface area contributed by atoms with Crippen molar-refractivity contribution in [3.63, 3.8) is 0 Å². The quantitative estimate of drug-likeness (QED) is 0.273. The molecule has 2 aromatic heterocycles. The molecule has 2 aromatic carbocycles. The van der Waals surface area contributed by atoms with E-state index in [1.54, 1.807) is 43.5 Å². The Morgan fingerprint density at radius 3 is 2.69 bits per heavy atom. The van der Waals surface area contributed by atoms with Crippen LogP contribution in [-0.4, -0.2) is 28.3 Å². The number of halogens is 2. The first-order valence-electron chi connectivity index (χ1n) is 11.5. The number of nitrogens with zero attached hydrogens (tertiary/aromatic N) is 1. The van der Waals surface area contributed by atoms with E-state index in [0.29, 0.717) is 52.0 Å². The van der Waals surface area contributed by atoms with Crippen molar-refractivity contribution >= 4 is 40.6 Å². The summed E-state index contributed by atoms with van der Waals surface area (Å²) in [5, 5.41) is 9.56. The molecule has 9 heteroatoms. The van der Waals surface area contributed by atoms with Gasteiger partial charge in [0.2, 0.25) is 5.91 Å². The number of pyridine rings is 1. The first-order chi connectivity index (χ1) is 17.4. The summed E-state index contributed by atoms with van der Waals surface area (Å²) in [6.45, 7) is 2.28. The lowest BCUT2D eigenvalue weighted by atomic mass is 10.0. The summed E-state index contributed by atoms with van der Waals surface area (Å²) in [6, 6.07) is 16.7. The monoisotopic (exact) mass is 503 g/mol. The summed E-state index contributed by atoms with van der Waals surface area (Å²) in [7, 11) is 0. The van der Waals surface area contributed by atoms with Crippen molar-refractivity contribution in [2.45, 2.75) is 19.3 Å². The zero-order valence-corrected chi connectivity index (χ0v) is 20.1. The van der Waals surface area contributed by atoms with Crippen LogP contribution < -0.4 is 16.0 Å². The van der Waals surface area contributed by atoms with E-state index in [1.807, 2.05) is 18.2 Å². The van der Waals surface area contributed by atoms with Gasteiger partial charge >= 0.3 is 0 Å². The molecule has 1 aliphatic rings. The lowest BCUT2D eigenvalue weighted by Gasteiger charge is -2.16. The highest BCUT2D eigenvalue weighted by Gasteiger charge is 2.27. The van der Waals surface area contributed by atoms with E-state index in [0.717, 1.165) is 11.3 Å². The van der Waals surface area contributed by atoms with Gasteiger partial charge < -0.3 is 20.9 Å². The van der Waals surface area contributed by atoms with Crippen molar-refractivity contribution in [3.05, 3.63) is 94.5 Å². The number of hydrogen-bond donors (Lipinski definition) is 4. The third-order valence-corrected chi connectivity index (χ3v) is 6.49. The minimum absolute atomic E-state index is 0.177. The predicted molar refractivity (Wildman–Crippen MR) is 138 cm³/mol. The van der Waals surface area contributed by atoms with Crippen molar-refractivity contribution in [2.75, 3.05) is 17.2 Å². The summed E-state index contributed by atoms with van der Waals surface area (Å²) in [6.07, 6.45) is 2.24. The number of carbonyl (C=O) groups excluding carboxylic acids is 2. The third-order valence-electron chi connectivity index (χ3n) is 6.16. The summed E-state index contributed by atoms with van der Waals surface area (Å²) in [4.78, 5) is 33.3. The van der Waals surface area contributed by atoms with Crippen LogP contribution in [0, 0.1) is 5.82 Å². The number of nitrogens with one attached hydrogen (secondary N) is 4. The topological polar surface area (TPSA) is 98.9 Å². The molecule has 1 unspecified atom stereocenters. The zero-order valence-electron chi connectivity index (χ0n) is 19.4. The Morgan fingerprint density at radius 2 is 1.92 bits per heavy atom. The molecule has 3 heterocycles. The van der Waals surface area contributed by atoms with E-state index in [1.165, 1.54) is 12.1 Å². The summed E-state index contributed by atoms with van der Waals surface area (Å²) >= 11 is 6.38. The maximum atomic E-state index is 13.3. The SMILES string of the molecule is CC(C(=O)Nc1cc(-c2[nH]c3c(c2Nc2ccccc2Cl)C(=O)NCC3)ccn1)c1ccc(F)cc1. The van der Waals surface area contributed by atoms with Gasteiger partial charge in [-0.25, -0.2) is 9.37 Å². The van der Waals surface area contributed by atoms with Gasteiger partial charge in [0, 0.05) is 30.4 Å². The first-order valence-corrected chi connectivity index (χ1v) is 11.9. The molecular formula is C27H23ClFN5O2. The average molecular weight is 504 g/mol. The van der Waals surface area contributed by atoms with Gasteiger partial charge in [-0.3, -0.25) is 9.59 Å². The van der Waals surface area contributed by atoms with Crippen molar-refractivity contribution < 1.29 is 14.0 Å². The summed E-state index contributed by atoms with van der Waals surface area (Å²) in [5.41, 5.74) is 4.71. The van der Waals surface area contributed by atoms with E-state index < -0.39 is 5.92 Å². The van der Waals surface area contributed by atoms with Crippen LogP contribution in [0.1, 0.15) is 34.5 Å². The van der Waals surface area contributed by atoms with Crippen molar-refractivity contribution in [1.29, 1.82) is 0 Å². The highest BCUT2D eigenvalue weighted by Crippen LogP contribution is 2.38. The zero-order chi connectivity index (χ0) is 25.2. The number of carbonyl (C=O) groups is 2. The van der Waals surface area contributed by atoms with Crippen LogP contribution in [0.25, 0.3) is 11.3 Å². The third kappa shape index (κ3) is 4.67. The second kappa shape index (κ2) is 9.83. The van der Waals surface area contributed by atoms with Crippen LogP contribution in [0.3, 0.4) is 0 Å². The largest absolute Gasteiger partial charge is 0.356 e. The molecule has 182 valence electrons. The lowest BCUT2D eigenvalue weighted by molar-refractivity contribution is -0.117. The van der Waals surface area contributed by atoms with Crippen LogP contribution in [-0.2, 0) is 11.2 Å². The fraction of sp³-hybridized carbons (Fsp3) is 0.148. The van der Waals surface area contributed by atoms with E-state index in [4.69, 9.17) is 11.6 Å². The Hall–Kier alpha value is -4.17. The number of aromatic nitrogens is 2. The molecule has 2 amide bonds. The van der Waals surface area contributed by atoms with E-state index >= 15 is 0 Å². The molecule has 5 rings (SSSR count). The number of fused-ring (bicyclic) bond motifs is 1. The maximum absolute atomic E-state index is 13.3. The van der Waals surface area contributed by atoms with Crippen LogP contribution >= 0.6 is 11.6 Å². The Kier molecular flexibility index (Phi) is 6.43. The van der Waals surface area contributed by atoms with Gasteiger partial charge in [0.1, 0.15) is 11.6 Å². The smallest absolute Gasteiger partial charge is 0.255 e. The molecule has 0 spiro atoms. The molecule has 36 heavy (non-hydrogen) atoms. The Labute approximate surface area is 212 Å². The number of H-pyrrole nitrogens is 1. The average Bonchev–Trinajstić information content (AvgIpc) is 3.25. The summed E-state index contributed by atoms with van der Waals surface area (Å²) in [5.74, 6) is -0.957. The minimum Gasteiger partial charge on any atom is -0.356 e. The van der Waals surface area contributed by atoms with Gasteiger partial charge in [0.05, 0.1) is 33.6 Å². The molecule has 0 saturated carbocycles. The maximum Gasteiger partial charge on any atom is 0.255 e. The normalized spacial score (nSPS) is 13.5. The Morgan fingerprint density at radius 1 is 1.14 bits per heavy atom. The van der Waals surface area contributed by atoms with Crippen LogP contribution in [0.4, 0.5) is 21.6 Å². The molecule has 0 saturated heterocycles. The second-order valence-electron chi connectivity index (χ2n) is 8.53. The fourth-order valence-electron chi connectivity index (χ4n) is 4.21. The number of benzene rings is 2. The molecule has 7 nitrogen and oxygen atoms in total. The van der Waals surface area contributed by atoms with Gasteiger partial charge in [0.15, 0.2) is 0 Å². The van der Waals surface area contributed by atoms with E-state index in [-0.39, 0.29) is 17.6 Å². The van der Waals surface area contributed by atoms with Crippen molar-refractivity contribution in [3.8, 4) is 11.3 Å². The highest BCUT2D eigenvalue weighted by atomic mass is 35.5. The number of rotatable bonds is 6. The number of anilines is 3. The van der Waals surface area contributed by atoms with Gasteiger partial charge in [-0.1, -0.05) is 35.9 Å². The van der Waals surface area contributed by atoms with Gasteiger partial charge in [-0.2, -0.15) is 0 Å². The number of aromatic amines is 1. The van der Waals surface area contributed by atoms with Crippen LogP contribution in [0.15, 0.2) is 66.9 Å². The highest BCUT2D eigenvalue weighted by molar-refractivity contribution is 6.33. The first kappa shape index (κ1) is 23.6. The van der Waals surface area contributed by atoms with Gasteiger partial charge in [0.25, 0.3) is 5.91 Å². The second-order valence-corrected chi connectivity index (χ2v) is 8.94. The van der Waals surface area contributed by atoms with Crippen LogP contribution in [0.2, 0.25) is 5.02 Å². The van der Waals surface area contributed by atoms with Gasteiger partial charge in [-0.05, 0) is 48.9 Å². The van der Waals surface area contributed by atoms with Crippen molar-refractivity contribution in [1.82, 2.24) is 15.3 Å². The number of hydrogen-bond acceptors (Lipinski definition) is 4. The predicted octanol–water partition coefficient (Wildman–Crippen LogP) is 5.64. The fourth-order valence-corrected chi connectivity index (χ4v) is 4.39. The molecule has 0 radical (unpaired) electrons. The molecule has 1 atom stereocenters. The standard InChI is InChI=1S/C27H23ClFN5O2/c1-15(16-6-8-18(29)9-7-16)26(35)34-22-14-17(10-12-30-22)24-25(32-20-5-3-2-4-19(20)28)23-21(33-24)11-13-31-27(23)36/h2-10,12,14-15,32-33H,11,13H2,1H3,(H,31,36)(H,30,34,35). The summed E-state index contributed by atoms with van der Waals surface area (Å²) < 4.78 is 13.3. The van der Waals surface area contributed by atoms with E-state index in [2.05, 4.69) is 25.9 Å². The molecule has 4 aromatic rings.